The second-order valence-corrected chi connectivity index (χ2v) is 4.47. The summed E-state index contributed by atoms with van der Waals surface area (Å²) >= 11 is 0. The number of hydrogen-bond acceptors (Lipinski definition) is 6. The lowest BCUT2D eigenvalue weighted by Crippen LogP contribution is -2.49. The van der Waals surface area contributed by atoms with Gasteiger partial charge in [0.2, 0.25) is 0 Å². The Morgan fingerprint density at radius 1 is 1.47 bits per heavy atom. The van der Waals surface area contributed by atoms with Crippen LogP contribution in [0, 0.1) is 0 Å². The molecule has 0 bridgehead atoms. The first kappa shape index (κ1) is 13.9. The third-order valence-electron chi connectivity index (χ3n) is 3.18. The van der Waals surface area contributed by atoms with E-state index in [1.807, 2.05) is 4.98 Å². The summed E-state index contributed by atoms with van der Waals surface area (Å²) in [6.45, 7) is -0.0451. The van der Waals surface area contributed by atoms with Crippen LogP contribution in [-0.4, -0.2) is 49.5 Å². The molecule has 0 saturated carbocycles. The first-order chi connectivity index (χ1) is 8.74. The van der Waals surface area contributed by atoms with Gasteiger partial charge in [0, 0.05) is 12.3 Å². The number of aromatic nitrogens is 2. The summed E-state index contributed by atoms with van der Waals surface area (Å²) in [6.07, 6.45) is -2.85. The molecule has 0 radical (unpaired) electrons. The number of H-pyrrole nitrogens is 1. The van der Waals surface area contributed by atoms with E-state index in [9.17, 15) is 24.2 Å². The van der Waals surface area contributed by atoms with Crippen molar-refractivity contribution in [3.63, 3.8) is 0 Å². The van der Waals surface area contributed by atoms with Gasteiger partial charge in [-0.2, -0.15) is 0 Å². The molecule has 9 heteroatoms. The predicted octanol–water partition coefficient (Wildman–Crippen LogP) is -2.38. The molecule has 4 atom stereocenters. The first-order valence-corrected chi connectivity index (χ1v) is 5.43. The summed E-state index contributed by atoms with van der Waals surface area (Å²) in [4.78, 5) is 24.5. The van der Waals surface area contributed by atoms with Crippen molar-refractivity contribution in [1.82, 2.24) is 9.55 Å². The molecule has 0 unspecified atom stereocenters. The fourth-order valence-electron chi connectivity index (χ4n) is 2.08. The van der Waals surface area contributed by atoms with E-state index in [2.05, 4.69) is 0 Å². The van der Waals surface area contributed by atoms with Crippen molar-refractivity contribution in [2.75, 3.05) is 6.61 Å². The number of nitrogens with one attached hydrogen (secondary N) is 1. The van der Waals surface area contributed by atoms with Gasteiger partial charge in [-0.25, -0.2) is 9.18 Å². The van der Waals surface area contributed by atoms with Gasteiger partial charge in [0.1, 0.15) is 18.8 Å². The summed E-state index contributed by atoms with van der Waals surface area (Å²) in [5.74, 6) is -2.90. The summed E-state index contributed by atoms with van der Waals surface area (Å²) < 4.78 is 19.6. The van der Waals surface area contributed by atoms with Crippen LogP contribution < -0.4 is 11.2 Å². The summed E-state index contributed by atoms with van der Waals surface area (Å²) in [5.41, 5.74) is -3.58. The Bertz CT molecular complexity index is 600. The van der Waals surface area contributed by atoms with Crippen LogP contribution in [0.1, 0.15) is 6.92 Å². The monoisotopic (exact) mass is 276 g/mol. The van der Waals surface area contributed by atoms with Crippen LogP contribution in [0.3, 0.4) is 0 Å². The lowest BCUT2D eigenvalue weighted by molar-refractivity contribution is -0.240. The summed E-state index contributed by atoms with van der Waals surface area (Å²) in [5, 5.41) is 28.3. The van der Waals surface area contributed by atoms with Gasteiger partial charge in [-0.15, -0.1) is 0 Å². The molecule has 0 spiro atoms. The second-order valence-electron chi connectivity index (χ2n) is 4.47. The first-order valence-electron chi connectivity index (χ1n) is 5.43. The zero-order valence-electron chi connectivity index (χ0n) is 9.91. The maximum Gasteiger partial charge on any atom is 0.330 e. The molecule has 4 N–H and O–H groups in total. The van der Waals surface area contributed by atoms with Crippen LogP contribution in [0.25, 0.3) is 0 Å². The van der Waals surface area contributed by atoms with Crippen molar-refractivity contribution in [3.8, 4) is 0 Å². The number of rotatable bonds is 2. The zero-order chi connectivity index (χ0) is 14.4. The average molecular weight is 276 g/mol. The number of alkyl halides is 1. The summed E-state index contributed by atoms with van der Waals surface area (Å²) in [6, 6.07) is 0.978. The summed E-state index contributed by atoms with van der Waals surface area (Å²) in [7, 11) is 0. The topological polar surface area (TPSA) is 125 Å². The zero-order valence-corrected chi connectivity index (χ0v) is 9.91. The average Bonchev–Trinajstić information content (AvgIpc) is 2.52. The minimum absolute atomic E-state index is 0.674. The van der Waals surface area contributed by atoms with Gasteiger partial charge in [-0.05, 0) is 6.92 Å². The van der Waals surface area contributed by atoms with Gasteiger partial charge >= 0.3 is 5.69 Å². The van der Waals surface area contributed by atoms with Crippen molar-refractivity contribution >= 4 is 0 Å². The SMILES string of the molecule is C[C@@]1(n2ccc(=O)[nH]c2=O)O[C@](F)(CO)[C@@H](O)[C@H]1O. The number of nitrogens with zero attached hydrogens (tertiary/aromatic N) is 1. The standard InChI is InChI=1S/C10H13FN2O6/c1-9(13-3-2-5(15)12-8(13)18)6(16)7(17)10(11,4-14)19-9/h2-3,6-7,14,16-17H,4H2,1H3,(H,12,15,18)/t6-,7+,9-,10-/m1/s1. The molecule has 1 saturated heterocycles. The number of aromatic amines is 1. The van der Waals surface area contributed by atoms with E-state index < -0.39 is 41.6 Å². The van der Waals surface area contributed by atoms with Crippen molar-refractivity contribution in [2.24, 2.45) is 0 Å². The van der Waals surface area contributed by atoms with E-state index >= 15 is 0 Å². The molecule has 1 aliphatic heterocycles. The quantitative estimate of drug-likeness (QED) is 0.478. The van der Waals surface area contributed by atoms with E-state index in [4.69, 9.17) is 9.84 Å². The lowest BCUT2D eigenvalue weighted by atomic mass is 10.0. The van der Waals surface area contributed by atoms with E-state index in [1.165, 1.54) is 0 Å². The molecular formula is C10H13FN2O6. The van der Waals surface area contributed by atoms with Crippen LogP contribution in [0.4, 0.5) is 4.39 Å². The van der Waals surface area contributed by atoms with Gasteiger partial charge in [0.15, 0.2) is 5.72 Å². The Balaban J connectivity index is 2.55. The normalized spacial score (nSPS) is 38.6. The highest BCUT2D eigenvalue weighted by Gasteiger charge is 2.62. The Kier molecular flexibility index (Phi) is 3.09. The fourth-order valence-corrected chi connectivity index (χ4v) is 2.08. The molecule has 1 fully saturated rings. The van der Waals surface area contributed by atoms with Crippen LogP contribution in [0.5, 0.6) is 0 Å². The number of ether oxygens (including phenoxy) is 1. The van der Waals surface area contributed by atoms with Gasteiger partial charge in [0.25, 0.3) is 11.4 Å². The van der Waals surface area contributed by atoms with Gasteiger partial charge in [-0.3, -0.25) is 14.3 Å². The Hall–Kier alpha value is -1.55. The van der Waals surface area contributed by atoms with Crippen LogP contribution in [0.15, 0.2) is 21.9 Å². The minimum Gasteiger partial charge on any atom is -0.390 e. The molecule has 19 heavy (non-hydrogen) atoms. The van der Waals surface area contributed by atoms with Crippen molar-refractivity contribution in [2.45, 2.75) is 30.7 Å². The molecule has 2 rings (SSSR count). The third kappa shape index (κ3) is 1.91. The Morgan fingerprint density at radius 3 is 2.58 bits per heavy atom. The highest BCUT2D eigenvalue weighted by Crippen LogP contribution is 2.41. The molecule has 0 amide bonds. The number of hydrogen-bond donors (Lipinski definition) is 4. The third-order valence-corrected chi connectivity index (χ3v) is 3.18. The molecule has 8 nitrogen and oxygen atoms in total. The predicted molar refractivity (Wildman–Crippen MR) is 59.0 cm³/mol. The van der Waals surface area contributed by atoms with Gasteiger partial charge in [0.05, 0.1) is 0 Å². The molecular weight excluding hydrogens is 263 g/mol. The molecule has 2 heterocycles. The van der Waals surface area contributed by atoms with Crippen LogP contribution >= 0.6 is 0 Å². The van der Waals surface area contributed by atoms with Crippen molar-refractivity contribution in [1.29, 1.82) is 0 Å². The highest BCUT2D eigenvalue weighted by molar-refractivity contribution is 5.02. The highest BCUT2D eigenvalue weighted by atomic mass is 19.2. The number of aliphatic hydroxyl groups excluding tert-OH is 3. The Morgan fingerprint density at radius 2 is 2.11 bits per heavy atom. The van der Waals surface area contributed by atoms with Gasteiger partial charge in [-0.1, -0.05) is 0 Å². The molecule has 106 valence electrons. The van der Waals surface area contributed by atoms with E-state index in [-0.39, 0.29) is 0 Å². The van der Waals surface area contributed by atoms with E-state index in [0.717, 1.165) is 23.8 Å². The maximum atomic E-state index is 14.0. The molecule has 1 aromatic rings. The van der Waals surface area contributed by atoms with Crippen LogP contribution in [0.2, 0.25) is 0 Å². The molecule has 0 aromatic carbocycles. The smallest absolute Gasteiger partial charge is 0.330 e. The van der Waals surface area contributed by atoms with Crippen molar-refractivity contribution in [3.05, 3.63) is 33.1 Å². The largest absolute Gasteiger partial charge is 0.390 e. The molecule has 1 aromatic heterocycles. The van der Waals surface area contributed by atoms with E-state index in [0.29, 0.717) is 0 Å². The molecule has 1 aliphatic rings. The lowest BCUT2D eigenvalue weighted by Gasteiger charge is -2.29. The van der Waals surface area contributed by atoms with E-state index in [1.54, 1.807) is 0 Å². The second kappa shape index (κ2) is 4.23. The van der Waals surface area contributed by atoms with Crippen LogP contribution in [-0.2, 0) is 10.5 Å². The molecule has 0 aliphatic carbocycles. The maximum absolute atomic E-state index is 14.0. The fraction of sp³-hybridized carbons (Fsp3) is 0.600. The van der Waals surface area contributed by atoms with Crippen molar-refractivity contribution < 1.29 is 24.4 Å². The number of halogens is 1. The Labute approximate surface area is 105 Å². The number of aliphatic hydroxyl groups is 3. The minimum atomic E-state index is -2.90. The van der Waals surface area contributed by atoms with Gasteiger partial charge < -0.3 is 20.1 Å².